The predicted molar refractivity (Wildman–Crippen MR) is 75.3 cm³/mol. The fourth-order valence-corrected chi connectivity index (χ4v) is 3.46. The summed E-state index contributed by atoms with van der Waals surface area (Å²) in [6, 6.07) is 2.07. The average molecular weight is 333 g/mol. The maximum atomic E-state index is 13.8. The van der Waals surface area contributed by atoms with Crippen molar-refractivity contribution in [2.75, 3.05) is 7.05 Å². The van der Waals surface area contributed by atoms with Gasteiger partial charge in [-0.3, -0.25) is 0 Å². The van der Waals surface area contributed by atoms with E-state index in [4.69, 9.17) is 0 Å². The van der Waals surface area contributed by atoms with Gasteiger partial charge in [0.25, 0.3) is 0 Å². The fourth-order valence-electron chi connectivity index (χ4n) is 1.69. The number of rotatable bonds is 6. The molecule has 0 saturated carbocycles. The van der Waals surface area contributed by atoms with Crippen molar-refractivity contribution in [3.05, 3.63) is 45.9 Å². The lowest BCUT2D eigenvalue weighted by atomic mass is 10.2. The van der Waals surface area contributed by atoms with Crippen LogP contribution in [-0.2, 0) is 23.1 Å². The minimum atomic E-state index is -4.16. The van der Waals surface area contributed by atoms with Crippen LogP contribution in [0.4, 0.5) is 8.78 Å². The number of halogens is 2. The maximum Gasteiger partial charge on any atom is 0.243 e. The van der Waals surface area contributed by atoms with Gasteiger partial charge in [0.15, 0.2) is 11.6 Å². The summed E-state index contributed by atoms with van der Waals surface area (Å²) in [7, 11) is -2.54. The van der Waals surface area contributed by atoms with Crippen molar-refractivity contribution in [1.82, 2.24) is 15.0 Å². The van der Waals surface area contributed by atoms with Crippen molar-refractivity contribution in [2.45, 2.75) is 18.0 Å². The average Bonchev–Trinajstić information content (AvgIpc) is 2.94. The summed E-state index contributed by atoms with van der Waals surface area (Å²) >= 11 is 1.26. The molecule has 0 aliphatic rings. The highest BCUT2D eigenvalue weighted by Gasteiger charge is 2.23. The third-order valence-electron chi connectivity index (χ3n) is 2.62. The Bertz CT molecular complexity index is 718. The van der Waals surface area contributed by atoms with E-state index in [0.717, 1.165) is 12.1 Å². The molecule has 0 bridgehead atoms. The molecule has 2 N–H and O–H groups in total. The van der Waals surface area contributed by atoms with Gasteiger partial charge in [-0.05, 0) is 24.7 Å². The smallest absolute Gasteiger partial charge is 0.243 e. The Morgan fingerprint density at radius 3 is 2.67 bits per heavy atom. The summed E-state index contributed by atoms with van der Waals surface area (Å²) in [6.45, 7) is 0.156. The van der Waals surface area contributed by atoms with E-state index in [1.807, 2.05) is 0 Å². The first-order valence-electron chi connectivity index (χ1n) is 5.94. The van der Waals surface area contributed by atoms with Crippen LogP contribution in [0.1, 0.15) is 10.6 Å². The number of hydrogen-bond donors (Lipinski definition) is 2. The minimum absolute atomic E-state index is 0.0721. The summed E-state index contributed by atoms with van der Waals surface area (Å²) in [4.78, 5) is 3.21. The highest BCUT2D eigenvalue weighted by Crippen LogP contribution is 2.20. The van der Waals surface area contributed by atoms with Gasteiger partial charge in [0.05, 0.1) is 6.54 Å². The fraction of sp³-hybridized carbons (Fsp3) is 0.250. The van der Waals surface area contributed by atoms with Gasteiger partial charge < -0.3 is 5.32 Å². The molecule has 0 saturated heterocycles. The molecule has 0 unspecified atom stereocenters. The van der Waals surface area contributed by atoms with E-state index in [1.54, 1.807) is 12.4 Å². The molecular weight excluding hydrogens is 320 g/mol. The number of nitrogens with zero attached hydrogens (tertiary/aromatic N) is 1. The monoisotopic (exact) mass is 333 g/mol. The third-order valence-corrected chi connectivity index (χ3v) is 4.80. The Hall–Kier alpha value is -1.42. The first-order valence-corrected chi connectivity index (χ1v) is 8.31. The van der Waals surface area contributed by atoms with Gasteiger partial charge in [-0.25, -0.2) is 26.9 Å². The Morgan fingerprint density at radius 1 is 1.29 bits per heavy atom. The van der Waals surface area contributed by atoms with Crippen molar-refractivity contribution in [2.24, 2.45) is 0 Å². The topological polar surface area (TPSA) is 71.1 Å². The highest BCUT2D eigenvalue weighted by molar-refractivity contribution is 7.89. The Kier molecular flexibility index (Phi) is 4.99. The second-order valence-electron chi connectivity index (χ2n) is 4.17. The molecule has 9 heteroatoms. The molecule has 1 heterocycles. The molecule has 5 nitrogen and oxygen atoms in total. The van der Waals surface area contributed by atoms with Crippen molar-refractivity contribution < 1.29 is 17.2 Å². The summed E-state index contributed by atoms with van der Waals surface area (Å²) in [5, 5.41) is 4.98. The van der Waals surface area contributed by atoms with Crippen LogP contribution in [0.25, 0.3) is 0 Å². The Balaban J connectivity index is 2.30. The van der Waals surface area contributed by atoms with Crippen LogP contribution in [0.2, 0.25) is 0 Å². The summed E-state index contributed by atoms with van der Waals surface area (Å²) in [6.07, 6.45) is 1.53. The molecule has 21 heavy (non-hydrogen) atoms. The Labute approximate surface area is 125 Å². The molecule has 0 fully saturated rings. The third kappa shape index (κ3) is 3.82. The Morgan fingerprint density at radius 2 is 2.05 bits per heavy atom. The van der Waals surface area contributed by atoms with Gasteiger partial charge in [0.2, 0.25) is 10.0 Å². The predicted octanol–water partition coefficient (Wildman–Crippen LogP) is 1.62. The quantitative estimate of drug-likeness (QED) is 0.843. The van der Waals surface area contributed by atoms with E-state index in [1.165, 1.54) is 17.5 Å². The highest BCUT2D eigenvalue weighted by atomic mass is 32.2. The van der Waals surface area contributed by atoms with Crippen molar-refractivity contribution in [1.29, 1.82) is 0 Å². The molecule has 1 aromatic carbocycles. The van der Waals surface area contributed by atoms with Crippen LogP contribution in [0, 0.1) is 11.6 Å². The second-order valence-corrected chi connectivity index (χ2v) is 6.88. The maximum absolute atomic E-state index is 13.8. The summed E-state index contributed by atoms with van der Waals surface area (Å²) in [5.74, 6) is -2.58. The van der Waals surface area contributed by atoms with Crippen molar-refractivity contribution in [3.63, 3.8) is 0 Å². The van der Waals surface area contributed by atoms with E-state index < -0.39 is 26.6 Å². The summed E-state index contributed by atoms with van der Waals surface area (Å²) < 4.78 is 53.7. The van der Waals surface area contributed by atoms with Crippen LogP contribution >= 0.6 is 11.3 Å². The number of aromatic nitrogens is 1. The van der Waals surface area contributed by atoms with Crippen LogP contribution in [-0.4, -0.2) is 20.4 Å². The molecule has 114 valence electrons. The van der Waals surface area contributed by atoms with Crippen molar-refractivity contribution >= 4 is 21.4 Å². The lowest BCUT2D eigenvalue weighted by Crippen LogP contribution is -2.25. The molecule has 1 aromatic heterocycles. The van der Waals surface area contributed by atoms with E-state index >= 15 is 0 Å². The lowest BCUT2D eigenvalue weighted by molar-refractivity contribution is 0.480. The molecule has 0 aliphatic heterocycles. The van der Waals surface area contributed by atoms with Gasteiger partial charge in [-0.2, -0.15) is 0 Å². The van der Waals surface area contributed by atoms with E-state index in [9.17, 15) is 17.2 Å². The molecule has 0 spiro atoms. The standard InChI is InChI=1S/C12H13F2N3O2S2/c1-15-6-8-4-9(13)12(14)10(5-8)21(18,19)17-7-11-16-2-3-20-11/h2-5,15,17H,6-7H2,1H3. The molecule has 0 atom stereocenters. The number of hydrogen-bond acceptors (Lipinski definition) is 5. The second kappa shape index (κ2) is 6.56. The first kappa shape index (κ1) is 16.0. The zero-order valence-electron chi connectivity index (χ0n) is 11.1. The number of sulfonamides is 1. The van der Waals surface area contributed by atoms with Crippen LogP contribution < -0.4 is 10.0 Å². The minimum Gasteiger partial charge on any atom is -0.316 e. The molecular formula is C12H13F2N3O2S2. The molecule has 2 rings (SSSR count). The zero-order chi connectivity index (χ0) is 15.5. The van der Waals surface area contributed by atoms with Crippen molar-refractivity contribution in [3.8, 4) is 0 Å². The number of nitrogens with one attached hydrogen (secondary N) is 2. The van der Waals surface area contributed by atoms with Crippen LogP contribution in [0.3, 0.4) is 0 Å². The molecule has 0 aliphatic carbocycles. The number of benzene rings is 1. The molecule has 0 amide bonds. The first-order chi connectivity index (χ1) is 9.94. The molecule has 2 aromatic rings. The van der Waals surface area contributed by atoms with Gasteiger partial charge in [-0.1, -0.05) is 0 Å². The van der Waals surface area contributed by atoms with E-state index in [2.05, 4.69) is 15.0 Å². The number of thiazole rings is 1. The van der Waals surface area contributed by atoms with Crippen LogP contribution in [0.5, 0.6) is 0 Å². The SMILES string of the molecule is CNCc1cc(F)c(F)c(S(=O)(=O)NCc2nccs2)c1. The lowest BCUT2D eigenvalue weighted by Gasteiger charge is -2.09. The largest absolute Gasteiger partial charge is 0.316 e. The van der Waals surface area contributed by atoms with Gasteiger partial charge in [0.1, 0.15) is 9.90 Å². The molecule has 0 radical (unpaired) electrons. The van der Waals surface area contributed by atoms with E-state index in [0.29, 0.717) is 10.6 Å². The van der Waals surface area contributed by atoms with Gasteiger partial charge >= 0.3 is 0 Å². The van der Waals surface area contributed by atoms with Gasteiger partial charge in [-0.15, -0.1) is 11.3 Å². The van der Waals surface area contributed by atoms with Crippen LogP contribution in [0.15, 0.2) is 28.6 Å². The van der Waals surface area contributed by atoms with Gasteiger partial charge in [0, 0.05) is 18.1 Å². The van der Waals surface area contributed by atoms with E-state index in [-0.39, 0.29) is 13.1 Å². The zero-order valence-corrected chi connectivity index (χ0v) is 12.7. The normalized spacial score (nSPS) is 11.8. The summed E-state index contributed by atoms with van der Waals surface area (Å²) in [5.41, 5.74) is 0.339.